The van der Waals surface area contributed by atoms with Crippen LogP contribution in [0.25, 0.3) is 0 Å². The standard InChI is InChI=1S/C25H27F3N8O3/c1-13(37)20-23(38)35-9-3-4-16-21(35)22(34(20)2)32-24(31-16)30-12-14-5-8-18(29-11-14)39-19-10-17(25(26,27)28)33-36(19)15-6-7-15/h5,8,10-11,13,15,20,37H,3-4,6-7,9,12H2,1-2H3,(H,30,31,32)/t13-,20+/m1/s1. The maximum Gasteiger partial charge on any atom is 0.435 e. The molecule has 0 unspecified atom stereocenters. The second-order valence-corrected chi connectivity index (χ2v) is 10.1. The molecule has 2 atom stereocenters. The van der Waals surface area contributed by atoms with E-state index in [9.17, 15) is 23.1 Å². The first-order chi connectivity index (χ1) is 18.6. The number of aryl methyl sites for hydroxylation is 1. The van der Waals surface area contributed by atoms with Crippen molar-refractivity contribution in [3.8, 4) is 11.8 Å². The highest BCUT2D eigenvalue weighted by atomic mass is 19.4. The zero-order valence-electron chi connectivity index (χ0n) is 21.3. The molecule has 1 saturated carbocycles. The zero-order valence-corrected chi connectivity index (χ0v) is 21.3. The van der Waals surface area contributed by atoms with E-state index in [0.29, 0.717) is 37.0 Å². The van der Waals surface area contributed by atoms with Crippen LogP contribution < -0.4 is 19.9 Å². The SMILES string of the molecule is C[C@@H](O)[C@H]1C(=O)N2CCCc3nc(NCc4ccc(Oc5cc(C(F)(F)F)nn5C5CC5)nc4)nc(c32)N1C. The molecule has 2 N–H and O–H groups in total. The van der Waals surface area contributed by atoms with Crippen molar-refractivity contribution in [2.24, 2.45) is 0 Å². The normalized spacial score (nSPS) is 19.6. The summed E-state index contributed by atoms with van der Waals surface area (Å²) in [6.07, 6.45) is -0.894. The van der Waals surface area contributed by atoms with Crippen molar-refractivity contribution < 1.29 is 27.8 Å². The van der Waals surface area contributed by atoms with Crippen molar-refractivity contribution in [1.82, 2.24) is 24.7 Å². The van der Waals surface area contributed by atoms with Crippen molar-refractivity contribution in [3.05, 3.63) is 41.3 Å². The molecule has 39 heavy (non-hydrogen) atoms. The number of rotatable bonds is 7. The van der Waals surface area contributed by atoms with E-state index in [1.165, 1.54) is 4.68 Å². The van der Waals surface area contributed by atoms with E-state index in [0.717, 1.165) is 36.6 Å². The van der Waals surface area contributed by atoms with Gasteiger partial charge >= 0.3 is 6.18 Å². The van der Waals surface area contributed by atoms with Crippen LogP contribution in [-0.4, -0.2) is 61.5 Å². The number of hydrogen-bond donors (Lipinski definition) is 2. The molecular formula is C25H27F3N8O3. The Morgan fingerprint density at radius 1 is 1.26 bits per heavy atom. The highest BCUT2D eigenvalue weighted by Crippen LogP contribution is 2.42. The lowest BCUT2D eigenvalue weighted by Crippen LogP contribution is -2.58. The summed E-state index contributed by atoms with van der Waals surface area (Å²) < 4.78 is 46.3. The number of likely N-dealkylation sites (N-methyl/N-ethyl adjacent to an activating group) is 1. The summed E-state index contributed by atoms with van der Waals surface area (Å²) in [6.45, 7) is 2.48. The van der Waals surface area contributed by atoms with Gasteiger partial charge in [0, 0.05) is 38.5 Å². The van der Waals surface area contributed by atoms with Crippen molar-refractivity contribution in [3.63, 3.8) is 0 Å². The maximum atomic E-state index is 13.1. The Hall–Kier alpha value is -3.94. The first kappa shape index (κ1) is 25.3. The second-order valence-electron chi connectivity index (χ2n) is 10.1. The summed E-state index contributed by atoms with van der Waals surface area (Å²) in [6, 6.07) is 3.39. The van der Waals surface area contributed by atoms with Crippen molar-refractivity contribution in [2.75, 3.05) is 28.7 Å². The molecule has 3 aliphatic rings. The molecule has 5 heterocycles. The van der Waals surface area contributed by atoms with E-state index >= 15 is 0 Å². The number of ether oxygens (including phenoxy) is 1. The Labute approximate surface area is 221 Å². The summed E-state index contributed by atoms with van der Waals surface area (Å²) in [5.41, 5.74) is 1.24. The van der Waals surface area contributed by atoms with Gasteiger partial charge in [0.1, 0.15) is 11.7 Å². The number of anilines is 3. The summed E-state index contributed by atoms with van der Waals surface area (Å²) in [5.74, 6) is 0.962. The molecule has 1 amide bonds. The van der Waals surface area contributed by atoms with Gasteiger partial charge in [-0.25, -0.2) is 14.6 Å². The number of alkyl halides is 3. The van der Waals surface area contributed by atoms with E-state index in [2.05, 4.69) is 25.4 Å². The fourth-order valence-electron chi connectivity index (χ4n) is 5.02. The Morgan fingerprint density at radius 2 is 2.05 bits per heavy atom. The monoisotopic (exact) mass is 544 g/mol. The van der Waals surface area contributed by atoms with E-state index in [-0.39, 0.29) is 23.7 Å². The summed E-state index contributed by atoms with van der Waals surface area (Å²) in [4.78, 5) is 29.9. The molecular weight excluding hydrogens is 517 g/mol. The fourth-order valence-corrected chi connectivity index (χ4v) is 5.02. The number of aliphatic hydroxyl groups is 1. The molecule has 1 fully saturated rings. The van der Waals surface area contributed by atoms with Crippen LogP contribution in [0.1, 0.15) is 49.2 Å². The molecule has 2 aliphatic heterocycles. The van der Waals surface area contributed by atoms with E-state index in [4.69, 9.17) is 4.74 Å². The van der Waals surface area contributed by atoms with Crippen molar-refractivity contribution >= 4 is 23.4 Å². The van der Waals surface area contributed by atoms with Gasteiger partial charge in [0.25, 0.3) is 5.91 Å². The molecule has 0 bridgehead atoms. The topological polar surface area (TPSA) is 122 Å². The van der Waals surface area contributed by atoms with Crippen LogP contribution in [0, 0.1) is 0 Å². The van der Waals surface area contributed by atoms with Gasteiger partial charge < -0.3 is 25.0 Å². The van der Waals surface area contributed by atoms with Gasteiger partial charge in [0.05, 0.1) is 17.8 Å². The Morgan fingerprint density at radius 3 is 2.72 bits per heavy atom. The molecule has 14 heteroatoms. The average Bonchev–Trinajstić information content (AvgIpc) is 3.65. The van der Waals surface area contributed by atoms with Crippen LogP contribution in [-0.2, 0) is 23.9 Å². The molecule has 3 aromatic heterocycles. The smallest absolute Gasteiger partial charge is 0.421 e. The lowest BCUT2D eigenvalue weighted by Gasteiger charge is -2.43. The van der Waals surface area contributed by atoms with Crippen LogP contribution in [0.4, 0.5) is 30.6 Å². The first-order valence-corrected chi connectivity index (χ1v) is 12.8. The molecule has 0 spiro atoms. The van der Waals surface area contributed by atoms with Gasteiger partial charge in [-0.05, 0) is 38.2 Å². The zero-order chi connectivity index (χ0) is 27.5. The van der Waals surface area contributed by atoms with E-state index in [1.54, 1.807) is 42.1 Å². The number of carbonyl (C=O) groups excluding carboxylic acids is 1. The minimum Gasteiger partial charge on any atom is -0.421 e. The van der Waals surface area contributed by atoms with Crippen LogP contribution in [0.15, 0.2) is 24.4 Å². The van der Waals surface area contributed by atoms with Crippen LogP contribution in [0.5, 0.6) is 11.8 Å². The third kappa shape index (κ3) is 4.73. The van der Waals surface area contributed by atoms with E-state index < -0.39 is 24.0 Å². The highest BCUT2D eigenvalue weighted by Gasteiger charge is 2.43. The average molecular weight is 545 g/mol. The number of hydrogen-bond acceptors (Lipinski definition) is 9. The molecule has 3 aromatic rings. The quantitative estimate of drug-likeness (QED) is 0.461. The molecule has 0 saturated heterocycles. The number of nitrogens with zero attached hydrogens (tertiary/aromatic N) is 7. The molecule has 11 nitrogen and oxygen atoms in total. The van der Waals surface area contributed by atoms with Crippen LogP contribution in [0.3, 0.4) is 0 Å². The summed E-state index contributed by atoms with van der Waals surface area (Å²) in [5, 5.41) is 17.1. The van der Waals surface area contributed by atoms with Crippen LogP contribution in [0.2, 0.25) is 0 Å². The number of amides is 1. The van der Waals surface area contributed by atoms with E-state index in [1.807, 2.05) is 0 Å². The lowest BCUT2D eigenvalue weighted by atomic mass is 10.00. The number of aromatic nitrogens is 5. The minimum absolute atomic E-state index is 0.00627. The number of halogens is 3. The fraction of sp³-hybridized carbons (Fsp3) is 0.480. The van der Waals surface area contributed by atoms with Crippen molar-refractivity contribution in [2.45, 2.75) is 63.5 Å². The highest BCUT2D eigenvalue weighted by molar-refractivity contribution is 6.06. The molecule has 206 valence electrons. The van der Waals surface area contributed by atoms with Gasteiger partial charge in [0.2, 0.25) is 17.7 Å². The summed E-state index contributed by atoms with van der Waals surface area (Å²) >= 11 is 0. The predicted octanol–water partition coefficient (Wildman–Crippen LogP) is 3.30. The minimum atomic E-state index is -4.56. The van der Waals surface area contributed by atoms with Gasteiger partial charge in [-0.3, -0.25) is 4.79 Å². The largest absolute Gasteiger partial charge is 0.435 e. The third-order valence-electron chi connectivity index (χ3n) is 7.07. The molecule has 6 rings (SSSR count). The van der Waals surface area contributed by atoms with Gasteiger partial charge in [-0.1, -0.05) is 6.07 Å². The number of nitrogens with one attached hydrogen (secondary N) is 1. The number of aliphatic hydroxyl groups excluding tert-OH is 1. The summed E-state index contributed by atoms with van der Waals surface area (Å²) in [7, 11) is 1.74. The van der Waals surface area contributed by atoms with Crippen LogP contribution >= 0.6 is 0 Å². The predicted molar refractivity (Wildman–Crippen MR) is 134 cm³/mol. The maximum absolute atomic E-state index is 13.1. The second kappa shape index (κ2) is 9.36. The Bertz CT molecular complexity index is 1400. The molecule has 1 aliphatic carbocycles. The van der Waals surface area contributed by atoms with Gasteiger partial charge in [0.15, 0.2) is 11.5 Å². The molecule has 0 radical (unpaired) electrons. The number of carbonyl (C=O) groups is 1. The molecule has 0 aromatic carbocycles. The number of pyridine rings is 1. The third-order valence-corrected chi connectivity index (χ3v) is 7.07. The first-order valence-electron chi connectivity index (χ1n) is 12.8. The van der Waals surface area contributed by atoms with Gasteiger partial charge in [-0.2, -0.15) is 23.3 Å². The van der Waals surface area contributed by atoms with Crippen molar-refractivity contribution in [1.29, 1.82) is 0 Å². The van der Waals surface area contributed by atoms with Gasteiger partial charge in [-0.15, -0.1) is 0 Å². The Kier molecular flexibility index (Phi) is 6.08. The Balaban J connectivity index is 1.17. The lowest BCUT2D eigenvalue weighted by molar-refractivity contribution is -0.141.